The van der Waals surface area contributed by atoms with E-state index in [1.807, 2.05) is 0 Å². The van der Waals surface area contributed by atoms with E-state index in [0.29, 0.717) is 0 Å². The minimum absolute atomic E-state index is 0.0896. The third-order valence-electron chi connectivity index (χ3n) is 1.45. The van der Waals surface area contributed by atoms with Gasteiger partial charge in [-0.3, -0.25) is 0 Å². The molecule has 0 unspecified atom stereocenters. The molecule has 4 heteroatoms. The molecule has 1 rings (SSSR count). The zero-order valence-corrected chi connectivity index (χ0v) is 8.98. The van der Waals surface area contributed by atoms with Crippen LogP contribution in [0.3, 0.4) is 0 Å². The molecule has 0 bridgehead atoms. The lowest BCUT2D eigenvalue weighted by molar-refractivity contribution is 0.0201. The van der Waals surface area contributed by atoms with Crippen LogP contribution >= 0.6 is 0 Å². The van der Waals surface area contributed by atoms with Gasteiger partial charge in [-0.05, 0) is 32.9 Å². The zero-order chi connectivity index (χ0) is 11.5. The highest BCUT2D eigenvalue weighted by Gasteiger charge is 2.18. The summed E-state index contributed by atoms with van der Waals surface area (Å²) in [4.78, 5) is 11.2. The number of phenolic OH excluding ortho intramolecular Hbond substituents is 1. The second-order valence-electron chi connectivity index (χ2n) is 4.03. The lowest BCUT2D eigenvalue weighted by atomic mass is 10.2. The predicted octanol–water partition coefficient (Wildman–Crippen LogP) is 2.71. The normalized spacial score (nSPS) is 10.9. The average Bonchev–Trinajstić information content (AvgIpc) is 2.05. The van der Waals surface area contributed by atoms with Gasteiger partial charge < -0.3 is 14.6 Å². The van der Waals surface area contributed by atoms with E-state index < -0.39 is 11.8 Å². The van der Waals surface area contributed by atoms with Gasteiger partial charge in [-0.15, -0.1) is 0 Å². The monoisotopic (exact) mass is 210 g/mol. The Balaban J connectivity index is 2.64. The van der Waals surface area contributed by atoms with Crippen LogP contribution in [0.5, 0.6) is 11.5 Å². The number of carbonyl (C=O) groups is 1. The Morgan fingerprint density at radius 2 is 1.87 bits per heavy atom. The number of ether oxygens (including phenoxy) is 2. The highest BCUT2D eigenvalue weighted by molar-refractivity contribution is 5.65. The molecule has 0 saturated carbocycles. The minimum Gasteiger partial charge on any atom is -0.504 e. The molecule has 1 aromatic carbocycles. The third kappa shape index (κ3) is 3.89. The van der Waals surface area contributed by atoms with E-state index in [2.05, 4.69) is 0 Å². The topological polar surface area (TPSA) is 55.8 Å². The number of phenols is 1. The van der Waals surface area contributed by atoms with Gasteiger partial charge in [-0.1, -0.05) is 12.1 Å². The Labute approximate surface area is 88.4 Å². The number of rotatable bonds is 1. The molecule has 0 saturated heterocycles. The van der Waals surface area contributed by atoms with Crippen LogP contribution in [0.15, 0.2) is 24.3 Å². The van der Waals surface area contributed by atoms with E-state index in [1.165, 1.54) is 12.1 Å². The van der Waals surface area contributed by atoms with Crippen molar-refractivity contribution in [1.29, 1.82) is 0 Å². The second kappa shape index (κ2) is 4.21. The van der Waals surface area contributed by atoms with Gasteiger partial charge >= 0.3 is 6.16 Å². The molecule has 1 N–H and O–H groups in total. The first-order valence-electron chi connectivity index (χ1n) is 4.57. The van der Waals surface area contributed by atoms with E-state index in [1.54, 1.807) is 32.9 Å². The van der Waals surface area contributed by atoms with E-state index in [-0.39, 0.29) is 11.5 Å². The summed E-state index contributed by atoms with van der Waals surface area (Å²) in [5.74, 6) is -0.00453. The standard InChI is InChI=1S/C11H14O4/c1-11(2,3)15-10(13)14-9-7-5-4-6-8(9)12/h4-7,12H,1-3H3. The molecule has 0 atom stereocenters. The van der Waals surface area contributed by atoms with Crippen molar-refractivity contribution >= 4 is 6.16 Å². The van der Waals surface area contributed by atoms with Crippen LogP contribution in [0, 0.1) is 0 Å². The first-order valence-corrected chi connectivity index (χ1v) is 4.57. The SMILES string of the molecule is CC(C)(C)OC(=O)Oc1ccccc1O. The summed E-state index contributed by atoms with van der Waals surface area (Å²) >= 11 is 0. The number of hydrogen-bond acceptors (Lipinski definition) is 4. The fraction of sp³-hybridized carbons (Fsp3) is 0.364. The Kier molecular flexibility index (Phi) is 3.19. The summed E-state index contributed by atoms with van der Waals surface area (Å²) in [7, 11) is 0. The van der Waals surface area contributed by atoms with Crippen LogP contribution in [-0.2, 0) is 4.74 Å². The molecule has 0 heterocycles. The Morgan fingerprint density at radius 3 is 2.40 bits per heavy atom. The fourth-order valence-corrected chi connectivity index (χ4v) is 0.904. The molecule has 1 aromatic rings. The summed E-state index contributed by atoms with van der Waals surface area (Å²) in [6.45, 7) is 5.21. The van der Waals surface area contributed by atoms with Crippen molar-refractivity contribution in [3.8, 4) is 11.5 Å². The molecule has 4 nitrogen and oxygen atoms in total. The van der Waals surface area contributed by atoms with Crippen LogP contribution in [0.25, 0.3) is 0 Å². The molecule has 0 aromatic heterocycles. The maximum Gasteiger partial charge on any atom is 0.514 e. The molecule has 0 spiro atoms. The van der Waals surface area contributed by atoms with Crippen molar-refractivity contribution in [1.82, 2.24) is 0 Å². The number of carbonyl (C=O) groups excluding carboxylic acids is 1. The molecule has 15 heavy (non-hydrogen) atoms. The third-order valence-corrected chi connectivity index (χ3v) is 1.45. The van der Waals surface area contributed by atoms with Crippen molar-refractivity contribution in [3.05, 3.63) is 24.3 Å². The van der Waals surface area contributed by atoms with Gasteiger partial charge in [-0.2, -0.15) is 0 Å². The molecule has 0 aliphatic heterocycles. The maximum absolute atomic E-state index is 11.2. The van der Waals surface area contributed by atoms with Gasteiger partial charge in [0.05, 0.1) is 0 Å². The molecule has 0 fully saturated rings. The van der Waals surface area contributed by atoms with Gasteiger partial charge in [0.15, 0.2) is 11.5 Å². The molecular formula is C11H14O4. The Hall–Kier alpha value is -1.71. The molecule has 0 aliphatic rings. The van der Waals surface area contributed by atoms with Crippen LogP contribution in [0.2, 0.25) is 0 Å². The molecule has 0 aliphatic carbocycles. The van der Waals surface area contributed by atoms with Crippen LogP contribution in [0.4, 0.5) is 4.79 Å². The van der Waals surface area contributed by atoms with E-state index in [9.17, 15) is 9.90 Å². The molecule has 82 valence electrons. The lowest BCUT2D eigenvalue weighted by Gasteiger charge is -2.18. The largest absolute Gasteiger partial charge is 0.514 e. The number of para-hydroxylation sites is 2. The van der Waals surface area contributed by atoms with Gasteiger partial charge in [0.25, 0.3) is 0 Å². The van der Waals surface area contributed by atoms with E-state index in [4.69, 9.17) is 9.47 Å². The van der Waals surface area contributed by atoms with Gasteiger partial charge in [-0.25, -0.2) is 4.79 Å². The maximum atomic E-state index is 11.2. The fourth-order valence-electron chi connectivity index (χ4n) is 0.904. The average molecular weight is 210 g/mol. The summed E-state index contributed by atoms with van der Waals surface area (Å²) in [5, 5.41) is 9.32. The van der Waals surface area contributed by atoms with Gasteiger partial charge in [0, 0.05) is 0 Å². The van der Waals surface area contributed by atoms with Crippen molar-refractivity contribution < 1.29 is 19.4 Å². The van der Waals surface area contributed by atoms with Crippen molar-refractivity contribution in [2.75, 3.05) is 0 Å². The van der Waals surface area contributed by atoms with Crippen molar-refractivity contribution in [3.63, 3.8) is 0 Å². The lowest BCUT2D eigenvalue weighted by Crippen LogP contribution is -2.25. The van der Waals surface area contributed by atoms with E-state index >= 15 is 0 Å². The summed E-state index contributed by atoms with van der Waals surface area (Å²) in [6.07, 6.45) is -0.830. The first-order chi connectivity index (χ1) is 6.88. The van der Waals surface area contributed by atoms with Crippen LogP contribution in [0.1, 0.15) is 20.8 Å². The predicted molar refractivity (Wildman–Crippen MR) is 55.0 cm³/mol. The van der Waals surface area contributed by atoms with Crippen LogP contribution in [-0.4, -0.2) is 16.9 Å². The Morgan fingerprint density at radius 1 is 1.27 bits per heavy atom. The van der Waals surface area contributed by atoms with Gasteiger partial charge in [0.2, 0.25) is 0 Å². The number of benzene rings is 1. The molecule has 0 radical (unpaired) electrons. The first kappa shape index (κ1) is 11.4. The number of aromatic hydroxyl groups is 1. The summed E-state index contributed by atoms with van der Waals surface area (Å²) in [6, 6.07) is 6.20. The van der Waals surface area contributed by atoms with Crippen molar-refractivity contribution in [2.45, 2.75) is 26.4 Å². The minimum atomic E-state index is -0.830. The molecule has 0 amide bonds. The second-order valence-corrected chi connectivity index (χ2v) is 4.03. The van der Waals surface area contributed by atoms with E-state index in [0.717, 1.165) is 0 Å². The zero-order valence-electron chi connectivity index (χ0n) is 8.98. The highest BCUT2D eigenvalue weighted by atomic mass is 16.7. The van der Waals surface area contributed by atoms with Gasteiger partial charge in [0.1, 0.15) is 5.60 Å². The molecular weight excluding hydrogens is 196 g/mol. The smallest absolute Gasteiger partial charge is 0.504 e. The highest BCUT2D eigenvalue weighted by Crippen LogP contribution is 2.25. The Bertz CT molecular complexity index is 352. The number of hydrogen-bond donors (Lipinski definition) is 1. The quantitative estimate of drug-likeness (QED) is 0.572. The summed E-state index contributed by atoms with van der Waals surface area (Å²) < 4.78 is 9.73. The summed E-state index contributed by atoms with van der Waals surface area (Å²) in [5.41, 5.74) is -0.610. The van der Waals surface area contributed by atoms with Crippen molar-refractivity contribution in [2.24, 2.45) is 0 Å². The van der Waals surface area contributed by atoms with Crippen LogP contribution < -0.4 is 4.74 Å².